The minimum atomic E-state index is 0.228. The van der Waals surface area contributed by atoms with Gasteiger partial charge in [-0.2, -0.15) is 0 Å². The number of rotatable bonds is 2. The molecule has 0 aromatic rings. The third-order valence-corrected chi connectivity index (χ3v) is 3.03. The molecule has 0 unspecified atom stereocenters. The maximum atomic E-state index is 11.1. The van der Waals surface area contributed by atoms with Crippen molar-refractivity contribution in [3.05, 3.63) is 0 Å². The first-order valence-corrected chi connectivity index (χ1v) is 5.61. The Labute approximate surface area is 81.5 Å². The third-order valence-electron chi connectivity index (χ3n) is 2.30. The largest absolute Gasteiger partial charge is 0.331 e. The fourth-order valence-corrected chi connectivity index (χ4v) is 2.69. The van der Waals surface area contributed by atoms with Gasteiger partial charge in [0.2, 0.25) is 5.91 Å². The quantitative estimate of drug-likeness (QED) is 0.426. The molecule has 0 aromatic carbocycles. The summed E-state index contributed by atoms with van der Waals surface area (Å²) in [6.07, 6.45) is 5.02. The second kappa shape index (κ2) is 4.28. The Morgan fingerprint density at radius 1 is 1.55 bits per heavy atom. The number of nitrogens with zero attached hydrogens (tertiary/aromatic N) is 1. The molecule has 0 saturated heterocycles. The van der Waals surface area contributed by atoms with Crippen LogP contribution in [-0.4, -0.2) is 21.4 Å². The van der Waals surface area contributed by atoms with Crippen molar-refractivity contribution < 1.29 is 4.79 Å². The predicted octanol–water partition coefficient (Wildman–Crippen LogP) is 2.17. The Morgan fingerprint density at radius 2 is 2.09 bits per heavy atom. The van der Waals surface area contributed by atoms with Gasteiger partial charge in [0.25, 0.3) is 0 Å². The standard InChI is InChI=1S/C8H14INO/c1-7(11)10(6-9)8-4-2-3-5-8/h8H,2-6H2,1H3. The molecule has 1 aliphatic carbocycles. The Morgan fingerprint density at radius 3 is 2.45 bits per heavy atom. The summed E-state index contributed by atoms with van der Waals surface area (Å²) in [6, 6.07) is 0.546. The first kappa shape index (κ1) is 9.29. The summed E-state index contributed by atoms with van der Waals surface area (Å²) in [7, 11) is 0. The van der Waals surface area contributed by atoms with Crippen LogP contribution in [0.1, 0.15) is 32.6 Å². The highest BCUT2D eigenvalue weighted by Crippen LogP contribution is 2.23. The molecular weight excluding hydrogens is 253 g/mol. The van der Waals surface area contributed by atoms with E-state index >= 15 is 0 Å². The highest BCUT2D eigenvalue weighted by atomic mass is 127. The van der Waals surface area contributed by atoms with Crippen molar-refractivity contribution in [2.75, 3.05) is 4.55 Å². The van der Waals surface area contributed by atoms with Crippen LogP contribution in [0.2, 0.25) is 0 Å². The van der Waals surface area contributed by atoms with Gasteiger partial charge in [-0.1, -0.05) is 35.4 Å². The number of hydrogen-bond donors (Lipinski definition) is 0. The highest BCUT2D eigenvalue weighted by molar-refractivity contribution is 14.1. The van der Waals surface area contributed by atoms with E-state index in [-0.39, 0.29) is 5.91 Å². The number of amides is 1. The molecule has 1 saturated carbocycles. The molecule has 1 fully saturated rings. The minimum Gasteiger partial charge on any atom is -0.331 e. The molecular formula is C8H14INO. The van der Waals surface area contributed by atoms with Crippen LogP contribution in [-0.2, 0) is 4.79 Å². The number of carbonyl (C=O) groups excluding carboxylic acids is 1. The molecule has 0 aromatic heterocycles. The molecule has 0 atom stereocenters. The van der Waals surface area contributed by atoms with Gasteiger partial charge in [-0.25, -0.2) is 0 Å². The molecule has 0 spiro atoms. The van der Waals surface area contributed by atoms with Crippen LogP contribution in [0.3, 0.4) is 0 Å². The second-order valence-corrected chi connectivity index (χ2v) is 3.73. The summed E-state index contributed by atoms with van der Waals surface area (Å²) in [5.74, 6) is 0.228. The molecule has 0 heterocycles. The SMILES string of the molecule is CC(=O)N(CI)C1CCCC1. The van der Waals surface area contributed by atoms with Gasteiger partial charge in [0.15, 0.2) is 0 Å². The summed E-state index contributed by atoms with van der Waals surface area (Å²) in [4.78, 5) is 13.1. The Hall–Kier alpha value is 0.200. The van der Waals surface area contributed by atoms with Crippen molar-refractivity contribution in [2.45, 2.75) is 38.6 Å². The molecule has 0 bridgehead atoms. The predicted molar refractivity (Wildman–Crippen MR) is 53.7 cm³/mol. The lowest BCUT2D eigenvalue weighted by molar-refractivity contribution is -0.129. The van der Waals surface area contributed by atoms with Gasteiger partial charge in [-0.15, -0.1) is 0 Å². The molecule has 0 N–H and O–H groups in total. The van der Waals surface area contributed by atoms with Crippen LogP contribution in [0.4, 0.5) is 0 Å². The zero-order valence-electron chi connectivity index (χ0n) is 6.85. The Kier molecular flexibility index (Phi) is 3.62. The van der Waals surface area contributed by atoms with Gasteiger partial charge in [0, 0.05) is 13.0 Å². The molecule has 64 valence electrons. The lowest BCUT2D eigenvalue weighted by Crippen LogP contribution is -2.35. The van der Waals surface area contributed by atoms with Gasteiger partial charge in [-0.3, -0.25) is 4.79 Å². The summed E-state index contributed by atoms with van der Waals surface area (Å²) >= 11 is 2.26. The smallest absolute Gasteiger partial charge is 0.220 e. The van der Waals surface area contributed by atoms with Crippen LogP contribution in [0.5, 0.6) is 0 Å². The van der Waals surface area contributed by atoms with Crippen LogP contribution in [0.15, 0.2) is 0 Å². The summed E-state index contributed by atoms with van der Waals surface area (Å²) < 4.78 is 0.845. The minimum absolute atomic E-state index is 0.228. The summed E-state index contributed by atoms with van der Waals surface area (Å²) in [5.41, 5.74) is 0. The van der Waals surface area contributed by atoms with E-state index in [0.29, 0.717) is 6.04 Å². The van der Waals surface area contributed by atoms with Crippen molar-refractivity contribution in [3.8, 4) is 0 Å². The number of alkyl halides is 1. The van der Waals surface area contributed by atoms with Crippen molar-refractivity contribution in [3.63, 3.8) is 0 Å². The topological polar surface area (TPSA) is 20.3 Å². The van der Waals surface area contributed by atoms with E-state index < -0.39 is 0 Å². The molecule has 11 heavy (non-hydrogen) atoms. The Balaban J connectivity index is 2.46. The second-order valence-electron chi connectivity index (χ2n) is 3.05. The molecule has 2 nitrogen and oxygen atoms in total. The first-order valence-electron chi connectivity index (χ1n) is 4.09. The van der Waals surface area contributed by atoms with Crippen LogP contribution < -0.4 is 0 Å². The highest BCUT2D eigenvalue weighted by Gasteiger charge is 2.22. The van der Waals surface area contributed by atoms with Crippen LogP contribution in [0, 0.1) is 0 Å². The monoisotopic (exact) mass is 267 g/mol. The average molecular weight is 267 g/mol. The van der Waals surface area contributed by atoms with E-state index in [9.17, 15) is 4.79 Å². The first-order chi connectivity index (χ1) is 5.25. The van der Waals surface area contributed by atoms with Crippen molar-refractivity contribution in [1.82, 2.24) is 4.90 Å². The molecule has 1 aliphatic rings. The molecule has 3 heteroatoms. The average Bonchev–Trinajstić information content (AvgIpc) is 2.40. The maximum absolute atomic E-state index is 11.1. The van der Waals surface area contributed by atoms with Gasteiger partial charge >= 0.3 is 0 Å². The lowest BCUT2D eigenvalue weighted by Gasteiger charge is -2.25. The number of hydrogen-bond acceptors (Lipinski definition) is 1. The third kappa shape index (κ3) is 2.32. The molecule has 1 rings (SSSR count). The molecule has 0 aliphatic heterocycles. The fourth-order valence-electron chi connectivity index (χ4n) is 1.65. The van der Waals surface area contributed by atoms with E-state index in [1.165, 1.54) is 25.7 Å². The van der Waals surface area contributed by atoms with E-state index in [2.05, 4.69) is 22.6 Å². The van der Waals surface area contributed by atoms with Gasteiger partial charge in [0.05, 0.1) is 4.55 Å². The Bertz CT molecular complexity index is 143. The van der Waals surface area contributed by atoms with Gasteiger partial charge in [0.1, 0.15) is 0 Å². The molecule has 1 amide bonds. The van der Waals surface area contributed by atoms with Crippen molar-refractivity contribution in [2.24, 2.45) is 0 Å². The normalized spacial score (nSPS) is 18.7. The van der Waals surface area contributed by atoms with E-state index in [1.807, 2.05) is 4.90 Å². The van der Waals surface area contributed by atoms with Gasteiger partial charge < -0.3 is 4.90 Å². The maximum Gasteiger partial charge on any atom is 0.220 e. The lowest BCUT2D eigenvalue weighted by atomic mass is 10.2. The summed E-state index contributed by atoms with van der Waals surface area (Å²) in [6.45, 7) is 1.66. The van der Waals surface area contributed by atoms with Crippen LogP contribution >= 0.6 is 22.6 Å². The number of halogens is 1. The van der Waals surface area contributed by atoms with Crippen molar-refractivity contribution in [1.29, 1.82) is 0 Å². The van der Waals surface area contributed by atoms with E-state index in [1.54, 1.807) is 6.92 Å². The van der Waals surface area contributed by atoms with Crippen LogP contribution in [0.25, 0.3) is 0 Å². The summed E-state index contributed by atoms with van der Waals surface area (Å²) in [5, 5.41) is 0. The zero-order valence-corrected chi connectivity index (χ0v) is 9.00. The fraction of sp³-hybridized carbons (Fsp3) is 0.875. The van der Waals surface area contributed by atoms with E-state index in [4.69, 9.17) is 0 Å². The molecule has 0 radical (unpaired) electrons. The number of carbonyl (C=O) groups is 1. The van der Waals surface area contributed by atoms with Gasteiger partial charge in [-0.05, 0) is 12.8 Å². The van der Waals surface area contributed by atoms with Crippen molar-refractivity contribution >= 4 is 28.5 Å². The zero-order chi connectivity index (χ0) is 8.27. The van der Waals surface area contributed by atoms with E-state index in [0.717, 1.165) is 4.55 Å².